The first-order chi connectivity index (χ1) is 9.15. The Morgan fingerprint density at radius 3 is 2.42 bits per heavy atom. The standard InChI is InChI=1S/C18H20O/c1-5-14-9-10-17(12-18(14)19-4)16-8-6-7-15(11-16)13(2)3/h5-13H,1H2,2-4H3. The van der Waals surface area contributed by atoms with Crippen molar-refractivity contribution in [2.45, 2.75) is 19.8 Å². The van der Waals surface area contributed by atoms with Gasteiger partial charge in [-0.1, -0.05) is 62.9 Å². The summed E-state index contributed by atoms with van der Waals surface area (Å²) >= 11 is 0. The molecule has 0 spiro atoms. The number of hydrogen-bond acceptors (Lipinski definition) is 1. The van der Waals surface area contributed by atoms with Crippen LogP contribution in [0.5, 0.6) is 5.75 Å². The second kappa shape index (κ2) is 5.75. The van der Waals surface area contributed by atoms with Gasteiger partial charge in [-0.15, -0.1) is 0 Å². The molecule has 19 heavy (non-hydrogen) atoms. The van der Waals surface area contributed by atoms with E-state index in [-0.39, 0.29) is 0 Å². The van der Waals surface area contributed by atoms with Crippen LogP contribution in [0.15, 0.2) is 49.0 Å². The number of ether oxygens (including phenoxy) is 1. The lowest BCUT2D eigenvalue weighted by Crippen LogP contribution is -1.90. The SMILES string of the molecule is C=Cc1ccc(-c2cccc(C(C)C)c2)cc1OC. The molecule has 0 fully saturated rings. The highest BCUT2D eigenvalue weighted by atomic mass is 16.5. The van der Waals surface area contributed by atoms with Crippen molar-refractivity contribution in [3.05, 3.63) is 60.2 Å². The number of methoxy groups -OCH3 is 1. The molecule has 0 unspecified atom stereocenters. The summed E-state index contributed by atoms with van der Waals surface area (Å²) in [5.41, 5.74) is 4.76. The van der Waals surface area contributed by atoms with Crippen molar-refractivity contribution in [1.82, 2.24) is 0 Å². The molecule has 0 aromatic heterocycles. The normalized spacial score (nSPS) is 10.5. The van der Waals surface area contributed by atoms with E-state index in [0.717, 1.165) is 11.3 Å². The van der Waals surface area contributed by atoms with Crippen LogP contribution in [0.4, 0.5) is 0 Å². The highest BCUT2D eigenvalue weighted by Gasteiger charge is 2.05. The van der Waals surface area contributed by atoms with Gasteiger partial charge < -0.3 is 4.74 Å². The highest BCUT2D eigenvalue weighted by Crippen LogP contribution is 2.29. The first kappa shape index (κ1) is 13.4. The molecule has 0 aliphatic rings. The van der Waals surface area contributed by atoms with Crippen LogP contribution >= 0.6 is 0 Å². The molecule has 2 aromatic carbocycles. The zero-order valence-electron chi connectivity index (χ0n) is 11.8. The first-order valence-electron chi connectivity index (χ1n) is 6.56. The molecule has 98 valence electrons. The van der Waals surface area contributed by atoms with Crippen molar-refractivity contribution >= 4 is 6.08 Å². The minimum absolute atomic E-state index is 0.536. The Balaban J connectivity index is 2.47. The van der Waals surface area contributed by atoms with Crippen LogP contribution in [-0.4, -0.2) is 7.11 Å². The highest BCUT2D eigenvalue weighted by molar-refractivity contribution is 5.70. The van der Waals surface area contributed by atoms with Gasteiger partial charge in [0.1, 0.15) is 5.75 Å². The Morgan fingerprint density at radius 2 is 1.79 bits per heavy atom. The second-order valence-corrected chi connectivity index (χ2v) is 4.94. The van der Waals surface area contributed by atoms with Crippen molar-refractivity contribution in [1.29, 1.82) is 0 Å². The molecule has 0 atom stereocenters. The molecule has 0 radical (unpaired) electrons. The molecule has 0 aliphatic heterocycles. The van der Waals surface area contributed by atoms with Crippen molar-refractivity contribution in [3.8, 4) is 16.9 Å². The van der Waals surface area contributed by atoms with Crippen LogP contribution in [0.3, 0.4) is 0 Å². The number of benzene rings is 2. The fourth-order valence-corrected chi connectivity index (χ4v) is 2.14. The second-order valence-electron chi connectivity index (χ2n) is 4.94. The van der Waals surface area contributed by atoms with E-state index in [1.54, 1.807) is 7.11 Å². The van der Waals surface area contributed by atoms with Crippen LogP contribution in [0.25, 0.3) is 17.2 Å². The number of hydrogen-bond donors (Lipinski definition) is 0. The fraction of sp³-hybridized carbons (Fsp3) is 0.222. The van der Waals surface area contributed by atoms with Gasteiger partial charge in [0.25, 0.3) is 0 Å². The maximum Gasteiger partial charge on any atom is 0.126 e. The van der Waals surface area contributed by atoms with E-state index in [1.165, 1.54) is 16.7 Å². The minimum Gasteiger partial charge on any atom is -0.496 e. The molecular formula is C18H20O. The van der Waals surface area contributed by atoms with Crippen molar-refractivity contribution in [2.75, 3.05) is 7.11 Å². The summed E-state index contributed by atoms with van der Waals surface area (Å²) < 4.78 is 5.40. The molecule has 0 saturated heterocycles. The van der Waals surface area contributed by atoms with Crippen molar-refractivity contribution in [3.63, 3.8) is 0 Å². The van der Waals surface area contributed by atoms with Crippen LogP contribution in [0, 0.1) is 0 Å². The third-order valence-corrected chi connectivity index (χ3v) is 3.34. The average Bonchev–Trinajstić information content (AvgIpc) is 2.46. The van der Waals surface area contributed by atoms with Gasteiger partial charge in [-0.05, 0) is 28.7 Å². The van der Waals surface area contributed by atoms with Crippen LogP contribution < -0.4 is 4.74 Å². The molecule has 2 rings (SSSR count). The third kappa shape index (κ3) is 2.87. The van der Waals surface area contributed by atoms with Gasteiger partial charge in [0, 0.05) is 5.56 Å². The lowest BCUT2D eigenvalue weighted by atomic mass is 9.96. The molecule has 1 heteroatoms. The quantitative estimate of drug-likeness (QED) is 0.733. The predicted octanol–water partition coefficient (Wildman–Crippen LogP) is 5.13. The molecular weight excluding hydrogens is 232 g/mol. The zero-order valence-corrected chi connectivity index (χ0v) is 11.8. The van der Waals surface area contributed by atoms with Gasteiger partial charge in [0.05, 0.1) is 7.11 Å². The Kier molecular flexibility index (Phi) is 4.06. The van der Waals surface area contributed by atoms with E-state index in [4.69, 9.17) is 4.74 Å². The summed E-state index contributed by atoms with van der Waals surface area (Å²) in [6.07, 6.45) is 1.81. The van der Waals surface area contributed by atoms with Gasteiger partial charge in [0.15, 0.2) is 0 Å². The van der Waals surface area contributed by atoms with E-state index in [0.29, 0.717) is 5.92 Å². The average molecular weight is 252 g/mol. The summed E-state index contributed by atoms with van der Waals surface area (Å²) in [4.78, 5) is 0. The monoisotopic (exact) mass is 252 g/mol. The summed E-state index contributed by atoms with van der Waals surface area (Å²) in [6.45, 7) is 8.22. The molecule has 0 amide bonds. The van der Waals surface area contributed by atoms with Gasteiger partial charge in [-0.3, -0.25) is 0 Å². The molecule has 1 nitrogen and oxygen atoms in total. The summed E-state index contributed by atoms with van der Waals surface area (Å²) in [5.74, 6) is 1.40. The van der Waals surface area contributed by atoms with E-state index in [9.17, 15) is 0 Å². The maximum atomic E-state index is 5.40. The fourth-order valence-electron chi connectivity index (χ4n) is 2.14. The lowest BCUT2D eigenvalue weighted by molar-refractivity contribution is 0.414. The Bertz CT molecular complexity index is 582. The number of rotatable bonds is 4. The minimum atomic E-state index is 0.536. The van der Waals surface area contributed by atoms with E-state index < -0.39 is 0 Å². The molecule has 2 aromatic rings. The van der Waals surface area contributed by atoms with E-state index >= 15 is 0 Å². The van der Waals surface area contributed by atoms with Gasteiger partial charge >= 0.3 is 0 Å². The van der Waals surface area contributed by atoms with Crippen LogP contribution in [-0.2, 0) is 0 Å². The molecule has 0 heterocycles. The molecule has 0 saturated carbocycles. The topological polar surface area (TPSA) is 9.23 Å². The molecule has 0 bridgehead atoms. The van der Waals surface area contributed by atoms with E-state index in [2.05, 4.69) is 56.8 Å². The van der Waals surface area contributed by atoms with Crippen LogP contribution in [0.2, 0.25) is 0 Å². The third-order valence-electron chi connectivity index (χ3n) is 3.34. The summed E-state index contributed by atoms with van der Waals surface area (Å²) in [6, 6.07) is 14.9. The van der Waals surface area contributed by atoms with Crippen molar-refractivity contribution in [2.24, 2.45) is 0 Å². The maximum absolute atomic E-state index is 5.40. The van der Waals surface area contributed by atoms with Gasteiger partial charge in [-0.25, -0.2) is 0 Å². The van der Waals surface area contributed by atoms with Crippen molar-refractivity contribution < 1.29 is 4.74 Å². The lowest BCUT2D eigenvalue weighted by Gasteiger charge is -2.11. The Labute approximate surface area is 115 Å². The summed E-state index contributed by atoms with van der Waals surface area (Å²) in [5, 5.41) is 0. The van der Waals surface area contributed by atoms with E-state index in [1.807, 2.05) is 12.1 Å². The van der Waals surface area contributed by atoms with Gasteiger partial charge in [-0.2, -0.15) is 0 Å². The summed E-state index contributed by atoms with van der Waals surface area (Å²) in [7, 11) is 1.69. The zero-order chi connectivity index (χ0) is 13.8. The Morgan fingerprint density at radius 1 is 1.05 bits per heavy atom. The smallest absolute Gasteiger partial charge is 0.126 e. The molecule has 0 N–H and O–H groups in total. The first-order valence-corrected chi connectivity index (χ1v) is 6.56. The predicted molar refractivity (Wildman–Crippen MR) is 82.6 cm³/mol. The van der Waals surface area contributed by atoms with Crippen LogP contribution in [0.1, 0.15) is 30.9 Å². The van der Waals surface area contributed by atoms with Gasteiger partial charge in [0.2, 0.25) is 0 Å². The largest absolute Gasteiger partial charge is 0.496 e. The Hall–Kier alpha value is -2.02. The molecule has 0 aliphatic carbocycles.